The second kappa shape index (κ2) is 5.45. The monoisotopic (exact) mass is 300 g/mol. The van der Waals surface area contributed by atoms with E-state index in [2.05, 4.69) is 15.3 Å². The number of hydrogen-bond donors (Lipinski definition) is 1. The highest BCUT2D eigenvalue weighted by Gasteiger charge is 2.15. The molecule has 7 heteroatoms. The van der Waals surface area contributed by atoms with E-state index in [-0.39, 0.29) is 10.6 Å². The molecule has 0 aliphatic carbocycles. The van der Waals surface area contributed by atoms with Crippen LogP contribution < -0.4 is 5.32 Å². The molecule has 0 aliphatic heterocycles. The molecular formula is C14H12N4O2S. The first kappa shape index (κ1) is 13.4. The molecule has 21 heavy (non-hydrogen) atoms. The second-order valence-corrected chi connectivity index (χ2v) is 5.52. The standard InChI is InChI=1S/C14H12N4O2S/c1-9-6-10-11(7-16-9)13(18(19)20)3-2-12(10)17-8-14-15-4-5-21-14/h2-7,17H,8H2,1H3. The van der Waals surface area contributed by atoms with E-state index in [1.807, 2.05) is 18.4 Å². The Bertz CT molecular complexity index is 802. The van der Waals surface area contributed by atoms with Crippen LogP contribution in [-0.2, 0) is 6.54 Å². The van der Waals surface area contributed by atoms with Gasteiger partial charge in [-0.25, -0.2) is 4.98 Å². The summed E-state index contributed by atoms with van der Waals surface area (Å²) < 4.78 is 0. The summed E-state index contributed by atoms with van der Waals surface area (Å²) in [5.74, 6) is 0. The van der Waals surface area contributed by atoms with Crippen molar-refractivity contribution in [2.75, 3.05) is 5.32 Å². The minimum Gasteiger partial charge on any atom is -0.378 e. The molecule has 1 aromatic carbocycles. The van der Waals surface area contributed by atoms with Gasteiger partial charge in [0, 0.05) is 40.6 Å². The summed E-state index contributed by atoms with van der Waals surface area (Å²) in [5, 5.41) is 18.6. The number of rotatable bonds is 4. The molecule has 2 aromatic heterocycles. The third-order valence-corrected chi connectivity index (χ3v) is 3.90. The van der Waals surface area contributed by atoms with E-state index in [0.29, 0.717) is 11.9 Å². The average molecular weight is 300 g/mol. The molecule has 0 radical (unpaired) electrons. The highest BCUT2D eigenvalue weighted by Crippen LogP contribution is 2.31. The van der Waals surface area contributed by atoms with Crippen LogP contribution in [0, 0.1) is 17.0 Å². The maximum atomic E-state index is 11.1. The summed E-state index contributed by atoms with van der Waals surface area (Å²) in [5.41, 5.74) is 1.73. The predicted molar refractivity (Wildman–Crippen MR) is 82.6 cm³/mol. The summed E-state index contributed by atoms with van der Waals surface area (Å²) >= 11 is 1.56. The van der Waals surface area contributed by atoms with Gasteiger partial charge in [-0.05, 0) is 19.1 Å². The minimum atomic E-state index is -0.385. The number of hydrogen-bond acceptors (Lipinski definition) is 6. The van der Waals surface area contributed by atoms with Gasteiger partial charge in [0.05, 0.1) is 16.9 Å². The number of benzene rings is 1. The summed E-state index contributed by atoms with van der Waals surface area (Å²) in [6.45, 7) is 2.45. The highest BCUT2D eigenvalue weighted by molar-refractivity contribution is 7.09. The molecule has 6 nitrogen and oxygen atoms in total. The summed E-state index contributed by atoms with van der Waals surface area (Å²) in [6.07, 6.45) is 3.31. The number of pyridine rings is 1. The number of fused-ring (bicyclic) bond motifs is 1. The van der Waals surface area contributed by atoms with Crippen molar-refractivity contribution in [1.29, 1.82) is 0 Å². The van der Waals surface area contributed by atoms with Gasteiger partial charge in [-0.15, -0.1) is 11.3 Å². The van der Waals surface area contributed by atoms with Crippen LogP contribution in [0.25, 0.3) is 10.8 Å². The Labute approximate surface area is 124 Å². The van der Waals surface area contributed by atoms with E-state index in [1.165, 1.54) is 6.07 Å². The van der Waals surface area contributed by atoms with Crippen molar-refractivity contribution in [2.24, 2.45) is 0 Å². The van der Waals surface area contributed by atoms with Gasteiger partial charge < -0.3 is 5.32 Å². The number of nitro groups is 1. The number of anilines is 1. The van der Waals surface area contributed by atoms with Gasteiger partial charge in [-0.3, -0.25) is 15.1 Å². The quantitative estimate of drug-likeness (QED) is 0.589. The van der Waals surface area contributed by atoms with Crippen LogP contribution in [0.4, 0.5) is 11.4 Å². The topological polar surface area (TPSA) is 81.0 Å². The Morgan fingerprint density at radius 3 is 2.90 bits per heavy atom. The van der Waals surface area contributed by atoms with Crippen LogP contribution in [-0.4, -0.2) is 14.9 Å². The lowest BCUT2D eigenvalue weighted by Gasteiger charge is -2.09. The average Bonchev–Trinajstić information content (AvgIpc) is 2.97. The molecule has 0 fully saturated rings. The minimum absolute atomic E-state index is 0.0669. The molecule has 0 bridgehead atoms. The number of aromatic nitrogens is 2. The van der Waals surface area contributed by atoms with Crippen LogP contribution in [0.3, 0.4) is 0 Å². The van der Waals surface area contributed by atoms with E-state index < -0.39 is 0 Å². The SMILES string of the molecule is Cc1cc2c(NCc3nccs3)ccc([N+](=O)[O-])c2cn1. The molecule has 1 N–H and O–H groups in total. The first-order valence-electron chi connectivity index (χ1n) is 6.31. The number of non-ortho nitro benzene ring substituents is 1. The van der Waals surface area contributed by atoms with E-state index in [0.717, 1.165) is 21.8 Å². The van der Waals surface area contributed by atoms with Crippen molar-refractivity contribution < 1.29 is 4.92 Å². The summed E-state index contributed by atoms with van der Waals surface area (Å²) in [4.78, 5) is 19.1. The van der Waals surface area contributed by atoms with E-state index in [9.17, 15) is 10.1 Å². The lowest BCUT2D eigenvalue weighted by molar-refractivity contribution is -0.383. The molecule has 0 saturated heterocycles. The number of nitrogens with zero attached hydrogens (tertiary/aromatic N) is 3. The molecule has 0 spiro atoms. The molecule has 0 amide bonds. The number of thiazole rings is 1. The number of nitrogens with one attached hydrogen (secondary N) is 1. The Hall–Kier alpha value is -2.54. The van der Waals surface area contributed by atoms with Gasteiger partial charge in [0.25, 0.3) is 5.69 Å². The predicted octanol–water partition coefficient (Wildman–Crippen LogP) is 3.52. The maximum Gasteiger partial charge on any atom is 0.278 e. The molecule has 3 aromatic rings. The lowest BCUT2D eigenvalue weighted by Crippen LogP contribution is -2.01. The van der Waals surface area contributed by atoms with Gasteiger partial charge in [0.15, 0.2) is 0 Å². The zero-order chi connectivity index (χ0) is 14.8. The van der Waals surface area contributed by atoms with Gasteiger partial charge >= 0.3 is 0 Å². The number of nitro benzene ring substituents is 1. The fraction of sp³-hybridized carbons (Fsp3) is 0.143. The smallest absolute Gasteiger partial charge is 0.278 e. The van der Waals surface area contributed by atoms with Crippen LogP contribution in [0.5, 0.6) is 0 Å². The Morgan fingerprint density at radius 2 is 2.19 bits per heavy atom. The highest BCUT2D eigenvalue weighted by atomic mass is 32.1. The zero-order valence-electron chi connectivity index (χ0n) is 11.2. The first-order valence-corrected chi connectivity index (χ1v) is 7.19. The van der Waals surface area contributed by atoms with Crippen molar-refractivity contribution in [1.82, 2.24) is 9.97 Å². The molecule has 0 saturated carbocycles. The van der Waals surface area contributed by atoms with Gasteiger partial charge in [-0.2, -0.15) is 0 Å². The lowest BCUT2D eigenvalue weighted by atomic mass is 10.1. The van der Waals surface area contributed by atoms with Crippen molar-refractivity contribution in [2.45, 2.75) is 13.5 Å². The zero-order valence-corrected chi connectivity index (χ0v) is 12.1. The van der Waals surface area contributed by atoms with Crippen molar-refractivity contribution in [3.63, 3.8) is 0 Å². The number of aryl methyl sites for hydroxylation is 1. The van der Waals surface area contributed by atoms with Gasteiger partial charge in [0.2, 0.25) is 0 Å². The van der Waals surface area contributed by atoms with Crippen LogP contribution >= 0.6 is 11.3 Å². The largest absolute Gasteiger partial charge is 0.378 e. The normalized spacial score (nSPS) is 10.7. The third-order valence-electron chi connectivity index (χ3n) is 3.12. The fourth-order valence-electron chi connectivity index (χ4n) is 2.15. The van der Waals surface area contributed by atoms with E-state index >= 15 is 0 Å². The molecule has 0 atom stereocenters. The van der Waals surface area contributed by atoms with E-state index in [1.54, 1.807) is 29.8 Å². The second-order valence-electron chi connectivity index (χ2n) is 4.54. The van der Waals surface area contributed by atoms with Crippen molar-refractivity contribution in [3.05, 3.63) is 56.8 Å². The van der Waals surface area contributed by atoms with Crippen molar-refractivity contribution >= 4 is 33.5 Å². The molecular weight excluding hydrogens is 288 g/mol. The molecule has 0 aliphatic rings. The summed E-state index contributed by atoms with van der Waals surface area (Å²) in [7, 11) is 0. The maximum absolute atomic E-state index is 11.1. The Balaban J connectivity index is 2.04. The van der Waals surface area contributed by atoms with Crippen LogP contribution in [0.15, 0.2) is 36.0 Å². The van der Waals surface area contributed by atoms with E-state index in [4.69, 9.17) is 0 Å². The third kappa shape index (κ3) is 2.68. The molecule has 0 unspecified atom stereocenters. The van der Waals surface area contributed by atoms with Crippen LogP contribution in [0.2, 0.25) is 0 Å². The van der Waals surface area contributed by atoms with Crippen molar-refractivity contribution in [3.8, 4) is 0 Å². The first-order chi connectivity index (χ1) is 10.1. The Kier molecular flexibility index (Phi) is 3.49. The molecule has 2 heterocycles. The molecule has 106 valence electrons. The van der Waals surface area contributed by atoms with Crippen LogP contribution in [0.1, 0.15) is 10.7 Å². The fourth-order valence-corrected chi connectivity index (χ4v) is 2.71. The Morgan fingerprint density at radius 1 is 1.33 bits per heavy atom. The van der Waals surface area contributed by atoms with Gasteiger partial charge in [0.1, 0.15) is 5.01 Å². The molecule has 3 rings (SSSR count). The summed E-state index contributed by atoms with van der Waals surface area (Å²) in [6, 6.07) is 5.09. The van der Waals surface area contributed by atoms with Gasteiger partial charge in [-0.1, -0.05) is 0 Å².